The van der Waals surface area contributed by atoms with E-state index in [-0.39, 0.29) is 0 Å². The topological polar surface area (TPSA) is 37.0 Å². The first kappa shape index (κ1) is 11.9. The first-order chi connectivity index (χ1) is 7.22. The largest absolute Gasteiger partial charge is 0.362 e. The van der Waals surface area contributed by atoms with Crippen LogP contribution in [0, 0.1) is 6.92 Å². The van der Waals surface area contributed by atoms with Crippen LogP contribution in [0.15, 0.2) is 18.3 Å². The molecule has 0 atom stereocenters. The van der Waals surface area contributed by atoms with Crippen molar-refractivity contribution in [2.45, 2.75) is 26.7 Å². The molecule has 0 aliphatic heterocycles. The lowest BCUT2D eigenvalue weighted by molar-refractivity contribution is 0.758. The molecule has 0 amide bonds. The van der Waals surface area contributed by atoms with Crippen molar-refractivity contribution >= 4 is 23.1 Å². The van der Waals surface area contributed by atoms with Crippen molar-refractivity contribution in [2.24, 2.45) is 0 Å². The SMILES string of the molecule is CCCCNC(=S)Nc1cc(C)ccn1. The number of aromatic nitrogens is 1. The Bertz CT molecular complexity index is 325. The van der Waals surface area contributed by atoms with E-state index in [4.69, 9.17) is 12.2 Å². The van der Waals surface area contributed by atoms with Crippen LogP contribution in [0.5, 0.6) is 0 Å². The fraction of sp³-hybridized carbons (Fsp3) is 0.455. The molecule has 0 aliphatic rings. The van der Waals surface area contributed by atoms with Crippen LogP contribution < -0.4 is 10.6 Å². The zero-order valence-corrected chi connectivity index (χ0v) is 10.0. The maximum atomic E-state index is 5.13. The van der Waals surface area contributed by atoms with Gasteiger partial charge in [0.2, 0.25) is 0 Å². The van der Waals surface area contributed by atoms with Gasteiger partial charge in [-0.3, -0.25) is 0 Å². The van der Waals surface area contributed by atoms with Gasteiger partial charge in [-0.2, -0.15) is 0 Å². The van der Waals surface area contributed by atoms with Gasteiger partial charge in [0.1, 0.15) is 5.82 Å². The van der Waals surface area contributed by atoms with Crippen LogP contribution in [0.4, 0.5) is 5.82 Å². The maximum absolute atomic E-state index is 5.13. The standard InChI is InChI=1S/C11H17N3S/c1-3-4-6-13-11(15)14-10-8-9(2)5-7-12-10/h5,7-8H,3-4,6H2,1-2H3,(H2,12,13,14,15). The van der Waals surface area contributed by atoms with E-state index in [9.17, 15) is 0 Å². The predicted molar refractivity (Wildman–Crippen MR) is 68.1 cm³/mol. The fourth-order valence-corrected chi connectivity index (χ4v) is 1.35. The zero-order valence-electron chi connectivity index (χ0n) is 9.21. The number of nitrogens with one attached hydrogen (secondary N) is 2. The summed E-state index contributed by atoms with van der Waals surface area (Å²) in [5.41, 5.74) is 1.17. The molecule has 1 heterocycles. The minimum atomic E-state index is 0.640. The summed E-state index contributed by atoms with van der Waals surface area (Å²) in [6, 6.07) is 3.92. The van der Waals surface area contributed by atoms with E-state index in [1.165, 1.54) is 5.56 Å². The van der Waals surface area contributed by atoms with Gasteiger partial charge in [-0.25, -0.2) is 4.98 Å². The van der Waals surface area contributed by atoms with Gasteiger partial charge in [0.05, 0.1) is 0 Å². The highest BCUT2D eigenvalue weighted by Gasteiger charge is 1.97. The Balaban J connectivity index is 2.37. The van der Waals surface area contributed by atoms with Crippen LogP contribution in [0.25, 0.3) is 0 Å². The number of thiocarbonyl (C=S) groups is 1. The molecule has 0 fully saturated rings. The summed E-state index contributed by atoms with van der Waals surface area (Å²) < 4.78 is 0. The first-order valence-corrected chi connectivity index (χ1v) is 5.60. The van der Waals surface area contributed by atoms with Crippen LogP contribution in [0.3, 0.4) is 0 Å². The second-order valence-electron chi connectivity index (χ2n) is 3.45. The molecule has 0 saturated heterocycles. The summed E-state index contributed by atoms with van der Waals surface area (Å²) in [5.74, 6) is 0.795. The highest BCUT2D eigenvalue weighted by Crippen LogP contribution is 2.04. The molecule has 82 valence electrons. The number of nitrogens with zero attached hydrogens (tertiary/aromatic N) is 1. The molecule has 0 radical (unpaired) electrons. The molecule has 3 nitrogen and oxygen atoms in total. The van der Waals surface area contributed by atoms with Gasteiger partial charge in [0.25, 0.3) is 0 Å². The molecule has 0 bridgehead atoms. The lowest BCUT2D eigenvalue weighted by Gasteiger charge is -2.09. The van der Waals surface area contributed by atoms with Gasteiger partial charge < -0.3 is 10.6 Å². The van der Waals surface area contributed by atoms with Crippen molar-refractivity contribution in [3.8, 4) is 0 Å². The quantitative estimate of drug-likeness (QED) is 0.607. The van der Waals surface area contributed by atoms with E-state index in [0.717, 1.165) is 25.2 Å². The number of rotatable bonds is 4. The molecule has 1 rings (SSSR count). The molecule has 2 N–H and O–H groups in total. The minimum Gasteiger partial charge on any atom is -0.362 e. The lowest BCUT2D eigenvalue weighted by Crippen LogP contribution is -2.29. The average molecular weight is 223 g/mol. The summed E-state index contributed by atoms with van der Waals surface area (Å²) in [7, 11) is 0. The van der Waals surface area contributed by atoms with Crippen molar-refractivity contribution < 1.29 is 0 Å². The fourth-order valence-electron chi connectivity index (χ4n) is 1.14. The highest BCUT2D eigenvalue weighted by atomic mass is 32.1. The lowest BCUT2D eigenvalue weighted by atomic mass is 10.3. The molecule has 1 aromatic rings. The third-order valence-electron chi connectivity index (χ3n) is 1.97. The van der Waals surface area contributed by atoms with Crippen LogP contribution >= 0.6 is 12.2 Å². The van der Waals surface area contributed by atoms with Gasteiger partial charge in [-0.15, -0.1) is 0 Å². The van der Waals surface area contributed by atoms with Crippen molar-refractivity contribution in [2.75, 3.05) is 11.9 Å². The number of hydrogen-bond acceptors (Lipinski definition) is 2. The third-order valence-corrected chi connectivity index (χ3v) is 2.22. The molecule has 0 spiro atoms. The van der Waals surface area contributed by atoms with E-state index >= 15 is 0 Å². The molecule has 15 heavy (non-hydrogen) atoms. The van der Waals surface area contributed by atoms with E-state index in [2.05, 4.69) is 22.5 Å². The van der Waals surface area contributed by atoms with Crippen LogP contribution in [0.2, 0.25) is 0 Å². The van der Waals surface area contributed by atoms with Crippen molar-refractivity contribution in [3.63, 3.8) is 0 Å². The molecule has 0 saturated carbocycles. The number of aryl methyl sites for hydroxylation is 1. The van der Waals surface area contributed by atoms with Gasteiger partial charge in [0, 0.05) is 12.7 Å². The van der Waals surface area contributed by atoms with E-state index < -0.39 is 0 Å². The van der Waals surface area contributed by atoms with E-state index in [0.29, 0.717) is 5.11 Å². The van der Waals surface area contributed by atoms with Gasteiger partial charge in [-0.05, 0) is 43.3 Å². The van der Waals surface area contributed by atoms with Gasteiger partial charge in [0.15, 0.2) is 5.11 Å². The Morgan fingerprint density at radius 1 is 1.53 bits per heavy atom. The zero-order chi connectivity index (χ0) is 11.1. The van der Waals surface area contributed by atoms with Crippen LogP contribution in [0.1, 0.15) is 25.3 Å². The van der Waals surface area contributed by atoms with Crippen LogP contribution in [-0.4, -0.2) is 16.6 Å². The second kappa shape index (κ2) is 6.35. The molecule has 0 aliphatic carbocycles. The average Bonchev–Trinajstić information content (AvgIpc) is 2.18. The van der Waals surface area contributed by atoms with Gasteiger partial charge in [-0.1, -0.05) is 13.3 Å². The van der Waals surface area contributed by atoms with Gasteiger partial charge >= 0.3 is 0 Å². The smallest absolute Gasteiger partial charge is 0.171 e. The molecule has 0 aromatic carbocycles. The second-order valence-corrected chi connectivity index (χ2v) is 3.86. The van der Waals surface area contributed by atoms with Crippen LogP contribution in [-0.2, 0) is 0 Å². The molecular weight excluding hydrogens is 206 g/mol. The van der Waals surface area contributed by atoms with E-state index in [1.807, 2.05) is 19.1 Å². The third kappa shape index (κ3) is 4.74. The summed E-state index contributed by atoms with van der Waals surface area (Å²) in [6.07, 6.45) is 4.06. The number of anilines is 1. The summed E-state index contributed by atoms with van der Waals surface area (Å²) >= 11 is 5.13. The Morgan fingerprint density at radius 2 is 2.33 bits per heavy atom. The minimum absolute atomic E-state index is 0.640. The Hall–Kier alpha value is -1.16. The number of unbranched alkanes of at least 4 members (excludes halogenated alkanes) is 1. The van der Waals surface area contributed by atoms with Crippen molar-refractivity contribution in [1.29, 1.82) is 0 Å². The Morgan fingerprint density at radius 3 is 3.00 bits per heavy atom. The predicted octanol–water partition coefficient (Wildman–Crippen LogP) is 2.48. The molecule has 1 aromatic heterocycles. The van der Waals surface area contributed by atoms with Crippen molar-refractivity contribution in [3.05, 3.63) is 23.9 Å². The Kier molecular flexibility index (Phi) is 5.04. The molecule has 0 unspecified atom stereocenters. The monoisotopic (exact) mass is 223 g/mol. The first-order valence-electron chi connectivity index (χ1n) is 5.20. The molecular formula is C11H17N3S. The van der Waals surface area contributed by atoms with Crippen molar-refractivity contribution in [1.82, 2.24) is 10.3 Å². The number of pyridine rings is 1. The summed E-state index contributed by atoms with van der Waals surface area (Å²) in [5, 5.41) is 6.82. The maximum Gasteiger partial charge on any atom is 0.171 e. The van der Waals surface area contributed by atoms with E-state index in [1.54, 1.807) is 6.20 Å². The summed E-state index contributed by atoms with van der Waals surface area (Å²) in [4.78, 5) is 4.17. The molecule has 4 heteroatoms. The normalized spacial score (nSPS) is 9.73. The Labute approximate surface area is 96.3 Å². The summed E-state index contributed by atoms with van der Waals surface area (Å²) in [6.45, 7) is 5.09. The number of hydrogen-bond donors (Lipinski definition) is 2. The highest BCUT2D eigenvalue weighted by molar-refractivity contribution is 7.80.